The van der Waals surface area contributed by atoms with Crippen LogP contribution in [-0.2, 0) is 11.2 Å². The summed E-state index contributed by atoms with van der Waals surface area (Å²) in [6, 6.07) is 5.56. The van der Waals surface area contributed by atoms with Crippen LogP contribution in [0.3, 0.4) is 0 Å². The van der Waals surface area contributed by atoms with Gasteiger partial charge in [0.25, 0.3) is 0 Å². The quantitative estimate of drug-likeness (QED) is 0.714. The lowest BCUT2D eigenvalue weighted by atomic mass is 10.1. The summed E-state index contributed by atoms with van der Waals surface area (Å²) in [6.45, 7) is 1.25. The van der Waals surface area contributed by atoms with Crippen molar-refractivity contribution >= 4 is 17.9 Å². The zero-order chi connectivity index (χ0) is 12.0. The van der Waals surface area contributed by atoms with Crippen LogP contribution in [0.15, 0.2) is 18.2 Å². The molecule has 0 saturated heterocycles. The molecular weight excluding hydrogens is 226 g/mol. The van der Waals surface area contributed by atoms with Crippen LogP contribution < -0.4 is 4.74 Å². The summed E-state index contributed by atoms with van der Waals surface area (Å²) in [4.78, 5) is 12.3. The maximum absolute atomic E-state index is 10.3. The zero-order valence-corrected chi connectivity index (χ0v) is 10.3. The van der Waals surface area contributed by atoms with E-state index in [9.17, 15) is 4.79 Å². The predicted molar refractivity (Wildman–Crippen MR) is 65.3 cm³/mol. The highest BCUT2D eigenvalue weighted by Crippen LogP contribution is 2.23. The van der Waals surface area contributed by atoms with Crippen molar-refractivity contribution in [1.82, 2.24) is 4.90 Å². The highest BCUT2D eigenvalue weighted by Gasteiger charge is 2.05. The van der Waals surface area contributed by atoms with Gasteiger partial charge in [0.2, 0.25) is 0 Å². The molecule has 0 fully saturated rings. The molecule has 1 aromatic rings. The highest BCUT2D eigenvalue weighted by molar-refractivity contribution is 6.30. The van der Waals surface area contributed by atoms with Gasteiger partial charge in [0.05, 0.1) is 13.7 Å². The van der Waals surface area contributed by atoms with Gasteiger partial charge < -0.3 is 9.53 Å². The zero-order valence-electron chi connectivity index (χ0n) is 9.57. The first-order chi connectivity index (χ1) is 7.67. The third kappa shape index (κ3) is 3.83. The summed E-state index contributed by atoms with van der Waals surface area (Å²) in [7, 11) is 3.55. The molecule has 0 spiro atoms. The third-order valence-electron chi connectivity index (χ3n) is 2.39. The Labute approximate surface area is 101 Å². The molecule has 0 atom stereocenters. The minimum absolute atomic E-state index is 0.447. The van der Waals surface area contributed by atoms with Crippen molar-refractivity contribution in [2.24, 2.45) is 0 Å². The molecular formula is C12H16ClNO2. The fraction of sp³-hybridized carbons (Fsp3) is 0.417. The number of ether oxygens (including phenoxy) is 1. The van der Waals surface area contributed by atoms with Gasteiger partial charge in [-0.3, -0.25) is 4.90 Å². The molecule has 0 aromatic heterocycles. The first-order valence-corrected chi connectivity index (χ1v) is 5.49. The van der Waals surface area contributed by atoms with Gasteiger partial charge in [0, 0.05) is 11.6 Å². The molecule has 0 aliphatic heterocycles. The molecule has 0 radical (unpaired) electrons. The summed E-state index contributed by atoms with van der Waals surface area (Å²) in [5.74, 6) is 0.837. The van der Waals surface area contributed by atoms with Crippen molar-refractivity contribution in [2.75, 3.05) is 27.2 Å². The maximum Gasteiger partial charge on any atom is 0.133 e. The molecule has 0 saturated carbocycles. The molecule has 4 heteroatoms. The number of likely N-dealkylation sites (N-methyl/N-ethyl adjacent to an activating group) is 1. The molecule has 0 bridgehead atoms. The largest absolute Gasteiger partial charge is 0.496 e. The monoisotopic (exact) mass is 241 g/mol. The second kappa shape index (κ2) is 6.51. The van der Waals surface area contributed by atoms with Crippen LogP contribution in [0.1, 0.15) is 5.56 Å². The molecule has 0 heterocycles. The van der Waals surface area contributed by atoms with Crippen molar-refractivity contribution < 1.29 is 9.53 Å². The summed E-state index contributed by atoms with van der Waals surface area (Å²) in [6.07, 6.45) is 1.71. The van der Waals surface area contributed by atoms with Gasteiger partial charge in [-0.15, -0.1) is 0 Å². The van der Waals surface area contributed by atoms with Crippen molar-refractivity contribution in [1.29, 1.82) is 0 Å². The van der Waals surface area contributed by atoms with E-state index in [1.165, 1.54) is 0 Å². The number of carbonyl (C=O) groups excluding carboxylic acids is 1. The Kier molecular flexibility index (Phi) is 5.29. The van der Waals surface area contributed by atoms with E-state index < -0.39 is 0 Å². The van der Waals surface area contributed by atoms with E-state index in [1.807, 2.05) is 24.1 Å². The van der Waals surface area contributed by atoms with Crippen LogP contribution in [0, 0.1) is 0 Å². The van der Waals surface area contributed by atoms with E-state index in [0.717, 1.165) is 30.6 Å². The smallest absolute Gasteiger partial charge is 0.133 e. The molecule has 0 unspecified atom stereocenters. The Morgan fingerprint density at radius 3 is 2.88 bits per heavy atom. The molecule has 0 aliphatic carbocycles. The molecule has 0 N–H and O–H groups in total. The Balaban J connectivity index is 2.64. The van der Waals surface area contributed by atoms with Crippen molar-refractivity contribution in [3.63, 3.8) is 0 Å². The number of hydrogen-bond acceptors (Lipinski definition) is 3. The van der Waals surface area contributed by atoms with E-state index in [2.05, 4.69) is 0 Å². The van der Waals surface area contributed by atoms with E-state index >= 15 is 0 Å². The fourth-order valence-corrected chi connectivity index (χ4v) is 1.67. The van der Waals surface area contributed by atoms with Crippen LogP contribution in [0.2, 0.25) is 5.02 Å². The number of nitrogens with zero attached hydrogens (tertiary/aromatic N) is 1. The van der Waals surface area contributed by atoms with Crippen LogP contribution >= 0.6 is 11.6 Å². The number of hydrogen-bond donors (Lipinski definition) is 0. The van der Waals surface area contributed by atoms with Crippen LogP contribution in [-0.4, -0.2) is 38.4 Å². The van der Waals surface area contributed by atoms with E-state index in [4.69, 9.17) is 16.3 Å². The third-order valence-corrected chi connectivity index (χ3v) is 2.63. The van der Waals surface area contributed by atoms with E-state index in [-0.39, 0.29) is 0 Å². The van der Waals surface area contributed by atoms with Gasteiger partial charge in [0.15, 0.2) is 0 Å². The van der Waals surface area contributed by atoms with Crippen molar-refractivity contribution in [3.8, 4) is 5.75 Å². The van der Waals surface area contributed by atoms with E-state index in [1.54, 1.807) is 13.2 Å². The summed E-state index contributed by atoms with van der Waals surface area (Å²) < 4.78 is 5.25. The van der Waals surface area contributed by atoms with Gasteiger partial charge in [-0.05, 0) is 37.2 Å². The lowest BCUT2D eigenvalue weighted by Gasteiger charge is -2.14. The van der Waals surface area contributed by atoms with Crippen LogP contribution in [0.4, 0.5) is 0 Å². The summed E-state index contributed by atoms with van der Waals surface area (Å²) in [5, 5.41) is 0.703. The van der Waals surface area contributed by atoms with Gasteiger partial charge in [-0.2, -0.15) is 0 Å². The number of benzene rings is 1. The second-order valence-corrected chi connectivity index (χ2v) is 4.07. The lowest BCUT2D eigenvalue weighted by Crippen LogP contribution is -2.23. The Bertz CT molecular complexity index is 355. The fourth-order valence-electron chi connectivity index (χ4n) is 1.47. The van der Waals surface area contributed by atoms with Crippen molar-refractivity contribution in [2.45, 2.75) is 6.42 Å². The summed E-state index contributed by atoms with van der Waals surface area (Å²) >= 11 is 5.92. The van der Waals surface area contributed by atoms with Gasteiger partial charge in [0.1, 0.15) is 12.0 Å². The van der Waals surface area contributed by atoms with Gasteiger partial charge in [-0.1, -0.05) is 11.6 Å². The van der Waals surface area contributed by atoms with Gasteiger partial charge >= 0.3 is 0 Å². The minimum Gasteiger partial charge on any atom is -0.496 e. The number of halogens is 1. The average Bonchev–Trinajstić information content (AvgIpc) is 2.27. The topological polar surface area (TPSA) is 29.5 Å². The van der Waals surface area contributed by atoms with Crippen LogP contribution in [0.25, 0.3) is 0 Å². The molecule has 3 nitrogen and oxygen atoms in total. The predicted octanol–water partition coefficient (Wildman–Crippen LogP) is 2.02. The standard InChI is InChI=1S/C12H16ClNO2/c1-14(7-8-15)6-5-10-9-11(13)3-4-12(10)16-2/h3-4,8-9H,5-7H2,1-2H3. The average molecular weight is 242 g/mol. The van der Waals surface area contributed by atoms with E-state index in [0.29, 0.717) is 11.6 Å². The number of rotatable bonds is 6. The molecule has 0 amide bonds. The first-order valence-electron chi connectivity index (χ1n) is 5.12. The Morgan fingerprint density at radius 2 is 2.25 bits per heavy atom. The second-order valence-electron chi connectivity index (χ2n) is 3.64. The number of aldehydes is 1. The Morgan fingerprint density at radius 1 is 1.50 bits per heavy atom. The molecule has 1 aromatic carbocycles. The SMILES string of the molecule is COc1ccc(Cl)cc1CCN(C)CC=O. The maximum atomic E-state index is 10.3. The minimum atomic E-state index is 0.447. The number of carbonyl (C=O) groups is 1. The number of methoxy groups -OCH3 is 1. The lowest BCUT2D eigenvalue weighted by molar-refractivity contribution is -0.108. The molecule has 16 heavy (non-hydrogen) atoms. The Hall–Kier alpha value is -1.06. The van der Waals surface area contributed by atoms with Crippen LogP contribution in [0.5, 0.6) is 5.75 Å². The molecule has 0 aliphatic rings. The highest BCUT2D eigenvalue weighted by atomic mass is 35.5. The first kappa shape index (κ1) is 13.0. The molecule has 1 rings (SSSR count). The molecule has 88 valence electrons. The normalized spacial score (nSPS) is 10.5. The van der Waals surface area contributed by atoms with Crippen molar-refractivity contribution in [3.05, 3.63) is 28.8 Å². The van der Waals surface area contributed by atoms with Gasteiger partial charge in [-0.25, -0.2) is 0 Å². The summed E-state index contributed by atoms with van der Waals surface area (Å²) in [5.41, 5.74) is 1.06.